The van der Waals surface area contributed by atoms with Crippen molar-refractivity contribution < 1.29 is 28.3 Å². The van der Waals surface area contributed by atoms with Gasteiger partial charge in [-0.2, -0.15) is 0 Å². The Kier molecular flexibility index (Phi) is 9.73. The van der Waals surface area contributed by atoms with Gasteiger partial charge in [-0.3, -0.25) is 0 Å². The van der Waals surface area contributed by atoms with Crippen LogP contribution in [0.5, 0.6) is 0 Å². The van der Waals surface area contributed by atoms with Crippen LogP contribution >= 0.6 is 17.1 Å². The quantitative estimate of drug-likeness (QED) is 0.541. The molecule has 0 amide bonds. The molecule has 0 aliphatic heterocycles. The molecule has 0 bridgehead atoms. The van der Waals surface area contributed by atoms with Crippen molar-refractivity contribution in [2.24, 2.45) is 5.92 Å². The Hall–Kier alpha value is 1.61. The molecule has 0 aliphatic carbocycles. The second-order valence-corrected chi connectivity index (χ2v) is 10.5. The molecule has 0 aromatic rings. The van der Waals surface area contributed by atoms with Crippen LogP contribution in [-0.2, 0) is 35.2 Å². The summed E-state index contributed by atoms with van der Waals surface area (Å²) < 4.78 is 4.89. The molecule has 0 rings (SSSR count). The van der Waals surface area contributed by atoms with Crippen molar-refractivity contribution in [2.45, 2.75) is 39.5 Å². The molecule has 0 saturated heterocycles. The summed E-state index contributed by atoms with van der Waals surface area (Å²) in [4.78, 5) is 9.56. The van der Waals surface area contributed by atoms with Gasteiger partial charge in [0.2, 0.25) is 0 Å². The van der Waals surface area contributed by atoms with Crippen molar-refractivity contribution in [1.29, 1.82) is 0 Å². The van der Waals surface area contributed by atoms with E-state index in [-0.39, 0.29) is 0 Å². The van der Waals surface area contributed by atoms with Crippen LogP contribution in [0.25, 0.3) is 0 Å². The molecule has 0 fully saturated rings. The topological polar surface area (TPSA) is 29.5 Å². The van der Waals surface area contributed by atoms with Gasteiger partial charge in [-0.1, -0.05) is 0 Å². The van der Waals surface area contributed by atoms with E-state index in [1.807, 2.05) is 0 Å². The van der Waals surface area contributed by atoms with Crippen LogP contribution < -0.4 is 0 Å². The molecule has 0 radical (unpaired) electrons. The van der Waals surface area contributed by atoms with E-state index in [9.17, 15) is 4.89 Å². The molecule has 0 aromatic heterocycles. The second kappa shape index (κ2) is 8.73. The fraction of sp³-hybridized carbons (Fsp3) is 1.00. The first-order chi connectivity index (χ1) is 6.55. The first-order valence-corrected chi connectivity index (χ1v) is 9.93. The average Bonchev–Trinajstić information content (AvgIpc) is 2.18. The SMILES string of the molecule is CCCCC(CC)CSP(O)(=S)[O][Mo]. The normalized spacial score (nSPS) is 17.6. The maximum absolute atomic E-state index is 9.56. The van der Waals surface area contributed by atoms with Gasteiger partial charge in [0, 0.05) is 0 Å². The van der Waals surface area contributed by atoms with E-state index in [0.29, 0.717) is 5.92 Å². The van der Waals surface area contributed by atoms with E-state index in [0.717, 1.165) is 12.2 Å². The summed E-state index contributed by atoms with van der Waals surface area (Å²) in [6.07, 6.45) is 4.90. The summed E-state index contributed by atoms with van der Waals surface area (Å²) in [7, 11) is 0. The zero-order valence-electron chi connectivity index (χ0n) is 8.64. The number of hydrogen-bond acceptors (Lipinski definition) is 3. The summed E-state index contributed by atoms with van der Waals surface area (Å²) >= 11 is 7.78. The van der Waals surface area contributed by atoms with Gasteiger partial charge in [0.15, 0.2) is 0 Å². The van der Waals surface area contributed by atoms with Crippen LogP contribution in [-0.4, -0.2) is 10.6 Å². The molecule has 85 valence electrons. The van der Waals surface area contributed by atoms with Crippen LogP contribution in [0, 0.1) is 5.92 Å². The minimum atomic E-state index is -2.52. The first kappa shape index (κ1) is 15.6. The van der Waals surface area contributed by atoms with E-state index in [2.05, 4.69) is 13.8 Å². The third kappa shape index (κ3) is 7.84. The van der Waals surface area contributed by atoms with E-state index in [1.165, 1.54) is 50.8 Å². The van der Waals surface area contributed by atoms with Gasteiger partial charge in [0.1, 0.15) is 0 Å². The molecule has 0 aliphatic rings. The number of unbranched alkanes of at least 4 members (excludes halogenated alkanes) is 1. The second-order valence-electron chi connectivity index (χ2n) is 3.26. The van der Waals surface area contributed by atoms with E-state index in [4.69, 9.17) is 15.0 Å². The molecule has 0 aromatic carbocycles. The van der Waals surface area contributed by atoms with Crippen molar-refractivity contribution in [2.75, 3.05) is 5.75 Å². The van der Waals surface area contributed by atoms with Crippen molar-refractivity contribution in [3.63, 3.8) is 0 Å². The molecule has 6 heteroatoms. The number of rotatable bonds is 8. The molecule has 14 heavy (non-hydrogen) atoms. The monoisotopic (exact) mass is 339 g/mol. The van der Waals surface area contributed by atoms with E-state index < -0.39 is 5.69 Å². The zero-order chi connectivity index (χ0) is 11.0. The Morgan fingerprint density at radius 1 is 1.57 bits per heavy atom. The van der Waals surface area contributed by atoms with Gasteiger partial charge in [0.25, 0.3) is 0 Å². The van der Waals surface area contributed by atoms with Crippen molar-refractivity contribution >= 4 is 28.9 Å². The summed E-state index contributed by atoms with van der Waals surface area (Å²) in [5.41, 5.74) is -2.52. The molecule has 0 heterocycles. The fourth-order valence-corrected chi connectivity index (χ4v) is 4.79. The summed E-state index contributed by atoms with van der Waals surface area (Å²) in [5.74, 6) is 1.60. The molecule has 1 N–H and O–H groups in total. The van der Waals surface area contributed by atoms with Crippen molar-refractivity contribution in [3.8, 4) is 0 Å². The standard InChI is InChI=1S/C8H19O2PS2.Mo/c1-3-5-6-8(4-2)7-13-11(9,10)12;/h8H,3-7H2,1-2H3,(H2,9,10,12);/q;+1/p-1. The molecule has 0 spiro atoms. The molecule has 2 unspecified atom stereocenters. The predicted molar refractivity (Wildman–Crippen MR) is 63.4 cm³/mol. The fourth-order valence-electron chi connectivity index (χ4n) is 1.12. The van der Waals surface area contributed by atoms with Gasteiger partial charge in [-0.15, -0.1) is 0 Å². The van der Waals surface area contributed by atoms with Crippen LogP contribution in [0.3, 0.4) is 0 Å². The average molecular weight is 337 g/mol. The summed E-state index contributed by atoms with van der Waals surface area (Å²) in [6, 6.07) is 0. The van der Waals surface area contributed by atoms with Crippen LogP contribution in [0.2, 0.25) is 0 Å². The molecular formula is C8H18MoO2PS2. The molecule has 2 nitrogen and oxygen atoms in total. The number of hydrogen-bond donors (Lipinski definition) is 1. The predicted octanol–water partition coefficient (Wildman–Crippen LogP) is 3.63. The zero-order valence-corrected chi connectivity index (χ0v) is 13.2. The van der Waals surface area contributed by atoms with Gasteiger partial charge >= 0.3 is 108 Å². The van der Waals surface area contributed by atoms with Crippen molar-refractivity contribution in [3.05, 3.63) is 0 Å². The first-order valence-electron chi connectivity index (χ1n) is 4.84. The third-order valence-electron chi connectivity index (χ3n) is 2.11. The van der Waals surface area contributed by atoms with Gasteiger partial charge in [-0.05, 0) is 0 Å². The Bertz CT molecular complexity index is 192. The minimum absolute atomic E-state index is 0.672. The Morgan fingerprint density at radius 3 is 2.64 bits per heavy atom. The molecule has 0 saturated carbocycles. The van der Waals surface area contributed by atoms with Crippen LogP contribution in [0.1, 0.15) is 39.5 Å². The van der Waals surface area contributed by atoms with E-state index >= 15 is 0 Å². The van der Waals surface area contributed by atoms with Crippen LogP contribution in [0.4, 0.5) is 0 Å². The Labute approximate surface area is 108 Å². The summed E-state index contributed by atoms with van der Waals surface area (Å²) in [6.45, 7) is 4.39. The Balaban J connectivity index is 3.77. The Morgan fingerprint density at radius 2 is 2.21 bits per heavy atom. The molecule has 2 atom stereocenters. The van der Waals surface area contributed by atoms with Gasteiger partial charge < -0.3 is 0 Å². The van der Waals surface area contributed by atoms with E-state index in [1.54, 1.807) is 0 Å². The summed E-state index contributed by atoms with van der Waals surface area (Å²) in [5, 5.41) is 0. The molecular weight excluding hydrogens is 319 g/mol. The van der Waals surface area contributed by atoms with Crippen molar-refractivity contribution in [1.82, 2.24) is 0 Å². The van der Waals surface area contributed by atoms with Gasteiger partial charge in [0.05, 0.1) is 0 Å². The maximum atomic E-state index is 9.56. The van der Waals surface area contributed by atoms with Crippen LogP contribution in [0.15, 0.2) is 0 Å². The third-order valence-corrected chi connectivity index (χ3v) is 9.17. The van der Waals surface area contributed by atoms with Gasteiger partial charge in [-0.25, -0.2) is 0 Å².